The molecule has 0 amide bonds. The van der Waals surface area contributed by atoms with E-state index in [0.29, 0.717) is 25.4 Å². The van der Waals surface area contributed by atoms with Crippen molar-refractivity contribution in [2.24, 2.45) is 0 Å². The molecule has 1 aromatic carbocycles. The van der Waals surface area contributed by atoms with Crippen molar-refractivity contribution >= 4 is 5.78 Å². The number of ketones is 1. The van der Waals surface area contributed by atoms with E-state index in [1.54, 1.807) is 12.1 Å². The number of hydrogen-bond donors (Lipinski definition) is 0. The highest BCUT2D eigenvalue weighted by atomic mass is 16.6. The fraction of sp³-hybridized carbons (Fsp3) is 0.364. The summed E-state index contributed by atoms with van der Waals surface area (Å²) in [5.41, 5.74) is 0.683. The van der Waals surface area contributed by atoms with Crippen molar-refractivity contribution in [2.45, 2.75) is 6.10 Å². The van der Waals surface area contributed by atoms with Gasteiger partial charge in [0.05, 0.1) is 19.8 Å². The van der Waals surface area contributed by atoms with Crippen LogP contribution in [0.3, 0.4) is 0 Å². The van der Waals surface area contributed by atoms with E-state index in [0.717, 1.165) is 0 Å². The largest absolute Gasteiger partial charge is 0.376 e. The molecule has 3 heteroatoms. The SMILES string of the molecule is O=C(c1ccccc1)C1COCCO1. The van der Waals surface area contributed by atoms with Crippen LogP contribution in [0.4, 0.5) is 0 Å². The van der Waals surface area contributed by atoms with Gasteiger partial charge in [0.25, 0.3) is 0 Å². The molecule has 1 atom stereocenters. The van der Waals surface area contributed by atoms with Gasteiger partial charge in [-0.3, -0.25) is 4.79 Å². The summed E-state index contributed by atoms with van der Waals surface area (Å²) >= 11 is 0. The van der Waals surface area contributed by atoms with E-state index in [1.807, 2.05) is 18.2 Å². The second kappa shape index (κ2) is 4.35. The highest BCUT2D eigenvalue weighted by Crippen LogP contribution is 2.09. The predicted octanol–water partition coefficient (Wildman–Crippen LogP) is 1.28. The van der Waals surface area contributed by atoms with E-state index in [1.165, 1.54) is 0 Å². The fourth-order valence-electron chi connectivity index (χ4n) is 1.43. The molecule has 0 aromatic heterocycles. The van der Waals surface area contributed by atoms with Crippen molar-refractivity contribution in [3.05, 3.63) is 35.9 Å². The molecule has 0 spiro atoms. The molecule has 0 saturated carbocycles. The Kier molecular flexibility index (Phi) is 2.91. The third-order valence-electron chi connectivity index (χ3n) is 2.17. The van der Waals surface area contributed by atoms with Crippen LogP contribution < -0.4 is 0 Å². The molecule has 1 unspecified atom stereocenters. The molecule has 0 radical (unpaired) electrons. The zero-order valence-electron chi connectivity index (χ0n) is 7.81. The van der Waals surface area contributed by atoms with Crippen LogP contribution in [0.15, 0.2) is 30.3 Å². The standard InChI is InChI=1S/C11H12O3/c12-11(9-4-2-1-3-5-9)10-8-13-6-7-14-10/h1-5,10H,6-8H2. The van der Waals surface area contributed by atoms with Gasteiger partial charge in [-0.25, -0.2) is 0 Å². The molecular formula is C11H12O3. The number of rotatable bonds is 2. The lowest BCUT2D eigenvalue weighted by molar-refractivity contribution is -0.0719. The molecule has 1 saturated heterocycles. The summed E-state index contributed by atoms with van der Waals surface area (Å²) in [7, 11) is 0. The first-order valence-electron chi connectivity index (χ1n) is 4.66. The van der Waals surface area contributed by atoms with Gasteiger partial charge in [0.1, 0.15) is 6.10 Å². The molecule has 0 aliphatic carbocycles. The topological polar surface area (TPSA) is 35.5 Å². The quantitative estimate of drug-likeness (QED) is 0.662. The molecule has 74 valence electrons. The summed E-state index contributed by atoms with van der Waals surface area (Å²) in [6.07, 6.45) is -0.425. The van der Waals surface area contributed by atoms with Crippen LogP contribution in [0, 0.1) is 0 Å². The zero-order valence-corrected chi connectivity index (χ0v) is 7.81. The third-order valence-corrected chi connectivity index (χ3v) is 2.17. The maximum absolute atomic E-state index is 11.8. The van der Waals surface area contributed by atoms with Gasteiger partial charge in [0.2, 0.25) is 0 Å². The van der Waals surface area contributed by atoms with E-state index >= 15 is 0 Å². The van der Waals surface area contributed by atoms with Crippen molar-refractivity contribution in [2.75, 3.05) is 19.8 Å². The summed E-state index contributed by atoms with van der Waals surface area (Å²) in [5, 5.41) is 0. The molecule has 1 heterocycles. The molecule has 14 heavy (non-hydrogen) atoms. The van der Waals surface area contributed by atoms with Gasteiger partial charge in [-0.15, -0.1) is 0 Å². The minimum Gasteiger partial charge on any atom is -0.376 e. The van der Waals surface area contributed by atoms with Gasteiger partial charge in [-0.2, -0.15) is 0 Å². The van der Waals surface area contributed by atoms with Gasteiger partial charge >= 0.3 is 0 Å². The van der Waals surface area contributed by atoms with E-state index in [-0.39, 0.29) is 5.78 Å². The fourth-order valence-corrected chi connectivity index (χ4v) is 1.43. The van der Waals surface area contributed by atoms with Crippen LogP contribution in [0.1, 0.15) is 10.4 Å². The number of carbonyl (C=O) groups is 1. The lowest BCUT2D eigenvalue weighted by Crippen LogP contribution is -2.35. The normalized spacial score (nSPS) is 21.9. The van der Waals surface area contributed by atoms with Gasteiger partial charge in [-0.05, 0) is 0 Å². The van der Waals surface area contributed by atoms with E-state index < -0.39 is 6.10 Å². The van der Waals surface area contributed by atoms with Crippen LogP contribution in [-0.2, 0) is 9.47 Å². The lowest BCUT2D eigenvalue weighted by atomic mass is 10.1. The van der Waals surface area contributed by atoms with Gasteiger partial charge in [0, 0.05) is 5.56 Å². The van der Waals surface area contributed by atoms with Gasteiger partial charge in [-0.1, -0.05) is 30.3 Å². The maximum atomic E-state index is 11.8. The van der Waals surface area contributed by atoms with Gasteiger partial charge < -0.3 is 9.47 Å². The summed E-state index contributed by atoms with van der Waals surface area (Å²) in [5.74, 6) is 0.00491. The van der Waals surface area contributed by atoms with Crippen molar-refractivity contribution < 1.29 is 14.3 Å². The number of carbonyl (C=O) groups excluding carboxylic acids is 1. The molecule has 1 aliphatic heterocycles. The maximum Gasteiger partial charge on any atom is 0.193 e. The van der Waals surface area contributed by atoms with Crippen LogP contribution in [0.25, 0.3) is 0 Å². The first kappa shape index (κ1) is 9.37. The number of Topliss-reactive ketones (excluding diaryl/α,β-unsaturated/α-hetero) is 1. The number of ether oxygens (including phenoxy) is 2. The van der Waals surface area contributed by atoms with E-state index in [4.69, 9.17) is 9.47 Å². The zero-order chi connectivity index (χ0) is 9.80. The molecular weight excluding hydrogens is 180 g/mol. The second-order valence-electron chi connectivity index (χ2n) is 3.16. The summed E-state index contributed by atoms with van der Waals surface area (Å²) in [6, 6.07) is 9.16. The Morgan fingerprint density at radius 2 is 2.00 bits per heavy atom. The Balaban J connectivity index is 2.07. The Labute approximate surface area is 82.6 Å². The first-order chi connectivity index (χ1) is 6.88. The van der Waals surface area contributed by atoms with Crippen LogP contribution in [0.5, 0.6) is 0 Å². The minimum absolute atomic E-state index is 0.00491. The molecule has 1 aliphatic rings. The average molecular weight is 192 g/mol. The molecule has 2 rings (SSSR count). The van der Waals surface area contributed by atoms with E-state index in [9.17, 15) is 4.79 Å². The Hall–Kier alpha value is -1.19. The summed E-state index contributed by atoms with van der Waals surface area (Å²) in [6.45, 7) is 1.45. The average Bonchev–Trinajstić information content (AvgIpc) is 2.30. The summed E-state index contributed by atoms with van der Waals surface area (Å²) in [4.78, 5) is 11.8. The Morgan fingerprint density at radius 3 is 2.64 bits per heavy atom. The van der Waals surface area contributed by atoms with Crippen LogP contribution in [0.2, 0.25) is 0 Å². The van der Waals surface area contributed by atoms with Crippen LogP contribution >= 0.6 is 0 Å². The molecule has 1 fully saturated rings. The predicted molar refractivity (Wildman–Crippen MR) is 51.3 cm³/mol. The van der Waals surface area contributed by atoms with Crippen molar-refractivity contribution in [1.29, 1.82) is 0 Å². The third kappa shape index (κ3) is 2.00. The summed E-state index contributed by atoms with van der Waals surface area (Å²) < 4.78 is 10.5. The highest BCUT2D eigenvalue weighted by molar-refractivity contribution is 5.99. The molecule has 0 bridgehead atoms. The minimum atomic E-state index is -0.425. The Bertz CT molecular complexity index is 302. The monoisotopic (exact) mass is 192 g/mol. The Morgan fingerprint density at radius 1 is 1.21 bits per heavy atom. The van der Waals surface area contributed by atoms with Crippen molar-refractivity contribution in [3.8, 4) is 0 Å². The van der Waals surface area contributed by atoms with E-state index in [2.05, 4.69) is 0 Å². The van der Waals surface area contributed by atoms with Crippen molar-refractivity contribution in [3.63, 3.8) is 0 Å². The first-order valence-corrected chi connectivity index (χ1v) is 4.66. The lowest BCUT2D eigenvalue weighted by Gasteiger charge is -2.21. The highest BCUT2D eigenvalue weighted by Gasteiger charge is 2.23. The van der Waals surface area contributed by atoms with Crippen LogP contribution in [-0.4, -0.2) is 31.7 Å². The van der Waals surface area contributed by atoms with Crippen molar-refractivity contribution in [1.82, 2.24) is 0 Å². The number of benzene rings is 1. The van der Waals surface area contributed by atoms with Gasteiger partial charge in [0.15, 0.2) is 5.78 Å². The number of hydrogen-bond acceptors (Lipinski definition) is 3. The molecule has 3 nitrogen and oxygen atoms in total. The smallest absolute Gasteiger partial charge is 0.193 e. The molecule has 0 N–H and O–H groups in total. The molecule has 1 aromatic rings. The second-order valence-corrected chi connectivity index (χ2v) is 3.16.